The van der Waals surface area contributed by atoms with Gasteiger partial charge in [0.1, 0.15) is 11.7 Å². The molecule has 0 saturated carbocycles. The third-order valence-corrected chi connectivity index (χ3v) is 9.72. The molecule has 0 aliphatic carbocycles. The number of piperazine rings is 1. The Morgan fingerprint density at radius 2 is 1.88 bits per heavy atom. The third kappa shape index (κ3) is 6.22. The van der Waals surface area contributed by atoms with Gasteiger partial charge in [-0.05, 0) is 43.0 Å². The molecule has 5 nitrogen and oxygen atoms in total. The fraction of sp³-hybridized carbons (Fsp3) is 0.469. The van der Waals surface area contributed by atoms with Crippen LogP contribution in [0, 0.1) is 12.7 Å². The van der Waals surface area contributed by atoms with Gasteiger partial charge in [0.15, 0.2) is 11.6 Å². The minimum Gasteiger partial charge on any atom is -0.494 e. The first-order valence-electron chi connectivity index (χ1n) is 14.2. The Bertz CT molecular complexity index is 1390. The highest BCUT2D eigenvalue weighted by Crippen LogP contribution is 2.41. The number of hydrogen-bond donors (Lipinski definition) is 0. The highest BCUT2D eigenvalue weighted by molar-refractivity contribution is 7.99. The van der Waals surface area contributed by atoms with Crippen molar-refractivity contribution < 1.29 is 17.9 Å². The second kappa shape index (κ2) is 13.5. The van der Waals surface area contributed by atoms with E-state index in [1.807, 2.05) is 0 Å². The maximum atomic E-state index is 15.6. The van der Waals surface area contributed by atoms with Crippen LogP contribution in [0.15, 0.2) is 64.5 Å². The van der Waals surface area contributed by atoms with Gasteiger partial charge in [0.05, 0.1) is 23.7 Å². The van der Waals surface area contributed by atoms with Gasteiger partial charge in [-0.2, -0.15) is 0 Å². The number of hydrogen-bond acceptors (Lipinski definition) is 5. The molecule has 1 fully saturated rings. The number of rotatable bonds is 11. The molecule has 2 aromatic rings. The van der Waals surface area contributed by atoms with Crippen molar-refractivity contribution in [3.05, 3.63) is 82.0 Å². The van der Waals surface area contributed by atoms with Crippen molar-refractivity contribution in [2.75, 3.05) is 45.6 Å². The zero-order chi connectivity index (χ0) is 29.8. The van der Waals surface area contributed by atoms with Gasteiger partial charge in [-0.25, -0.2) is 13.2 Å². The SMILES string of the molecule is C=C/C(F)=C(/Cc1c(C)c(-c2cccc(OC)c2F)c(=O)n2c1SCC2CN1CCN(C(CC)CC)CC1)C(=C)F. The molecule has 41 heavy (non-hydrogen) atoms. The predicted molar refractivity (Wildman–Crippen MR) is 162 cm³/mol. The molecule has 9 heteroatoms. The summed E-state index contributed by atoms with van der Waals surface area (Å²) in [7, 11) is 1.37. The number of benzene rings is 1. The average Bonchev–Trinajstić information content (AvgIpc) is 3.38. The average molecular weight is 588 g/mol. The van der Waals surface area contributed by atoms with E-state index in [9.17, 15) is 13.6 Å². The number of halogens is 3. The van der Waals surface area contributed by atoms with Crippen LogP contribution < -0.4 is 10.3 Å². The Morgan fingerprint density at radius 1 is 1.20 bits per heavy atom. The molecule has 0 bridgehead atoms. The summed E-state index contributed by atoms with van der Waals surface area (Å²) in [4.78, 5) is 19.1. The molecule has 0 radical (unpaired) electrons. The van der Waals surface area contributed by atoms with E-state index < -0.39 is 17.5 Å². The van der Waals surface area contributed by atoms with Crippen LogP contribution in [-0.4, -0.2) is 66.0 Å². The lowest BCUT2D eigenvalue weighted by molar-refractivity contribution is 0.0848. The largest absolute Gasteiger partial charge is 0.494 e. The topological polar surface area (TPSA) is 37.7 Å². The Balaban J connectivity index is 1.79. The fourth-order valence-electron chi connectivity index (χ4n) is 6.11. The number of aromatic nitrogens is 1. The van der Waals surface area contributed by atoms with Crippen molar-refractivity contribution >= 4 is 11.8 Å². The van der Waals surface area contributed by atoms with E-state index in [1.54, 1.807) is 23.6 Å². The summed E-state index contributed by atoms with van der Waals surface area (Å²) in [6.07, 6.45) is 3.06. The van der Waals surface area contributed by atoms with Gasteiger partial charge in [0.2, 0.25) is 0 Å². The number of allylic oxidation sites excluding steroid dienone is 4. The molecular formula is C32H40F3N3O2S. The summed E-state index contributed by atoms with van der Waals surface area (Å²) in [5.41, 5.74) is 0.798. The Morgan fingerprint density at radius 3 is 2.46 bits per heavy atom. The van der Waals surface area contributed by atoms with Crippen LogP contribution in [-0.2, 0) is 6.42 Å². The highest BCUT2D eigenvalue weighted by atomic mass is 32.2. The lowest BCUT2D eigenvalue weighted by Crippen LogP contribution is -2.51. The van der Waals surface area contributed by atoms with Gasteiger partial charge < -0.3 is 4.74 Å². The molecule has 1 saturated heterocycles. The number of ether oxygens (including phenoxy) is 1. The van der Waals surface area contributed by atoms with Gasteiger partial charge in [0, 0.05) is 62.1 Å². The number of methoxy groups -OCH3 is 1. The van der Waals surface area contributed by atoms with Crippen molar-refractivity contribution in [1.29, 1.82) is 0 Å². The first-order valence-corrected chi connectivity index (χ1v) is 15.2. The maximum absolute atomic E-state index is 15.6. The van der Waals surface area contributed by atoms with E-state index in [4.69, 9.17) is 4.74 Å². The molecule has 0 spiro atoms. The zero-order valence-corrected chi connectivity index (χ0v) is 25.3. The molecule has 222 valence electrons. The van der Waals surface area contributed by atoms with Crippen molar-refractivity contribution in [2.24, 2.45) is 0 Å². The molecule has 3 heterocycles. The Kier molecular flexibility index (Phi) is 10.3. The number of thioether (sulfide) groups is 1. The fourth-order valence-corrected chi connectivity index (χ4v) is 7.49. The van der Waals surface area contributed by atoms with Crippen molar-refractivity contribution in [3.8, 4) is 16.9 Å². The summed E-state index contributed by atoms with van der Waals surface area (Å²) in [5.74, 6) is -1.71. The first-order chi connectivity index (χ1) is 19.7. The minimum absolute atomic E-state index is 0.0185. The summed E-state index contributed by atoms with van der Waals surface area (Å²) < 4.78 is 51.6. The molecule has 2 aliphatic rings. The lowest BCUT2D eigenvalue weighted by atomic mass is 9.93. The van der Waals surface area contributed by atoms with E-state index in [-0.39, 0.29) is 40.5 Å². The normalized spacial score (nSPS) is 18.4. The molecule has 0 N–H and O–H groups in total. The van der Waals surface area contributed by atoms with Crippen molar-refractivity contribution in [1.82, 2.24) is 14.4 Å². The molecule has 0 amide bonds. The molecule has 1 aromatic heterocycles. The van der Waals surface area contributed by atoms with Crippen LogP contribution in [0.25, 0.3) is 11.1 Å². The van der Waals surface area contributed by atoms with Crippen LogP contribution in [0.2, 0.25) is 0 Å². The van der Waals surface area contributed by atoms with Crippen molar-refractivity contribution in [2.45, 2.75) is 57.1 Å². The van der Waals surface area contributed by atoms with Crippen LogP contribution in [0.4, 0.5) is 13.2 Å². The molecule has 1 unspecified atom stereocenters. The number of pyridine rings is 1. The quantitative estimate of drug-likeness (QED) is 0.269. The zero-order valence-electron chi connectivity index (χ0n) is 24.4. The van der Waals surface area contributed by atoms with Crippen LogP contribution >= 0.6 is 11.8 Å². The summed E-state index contributed by atoms with van der Waals surface area (Å²) in [5, 5.41) is 0.663. The summed E-state index contributed by atoms with van der Waals surface area (Å²) >= 11 is 1.51. The second-order valence-electron chi connectivity index (χ2n) is 10.7. The second-order valence-corrected chi connectivity index (χ2v) is 11.7. The lowest BCUT2D eigenvalue weighted by Gasteiger charge is -2.39. The van der Waals surface area contributed by atoms with Gasteiger partial charge in [0.25, 0.3) is 5.56 Å². The number of nitrogens with zero attached hydrogens (tertiary/aromatic N) is 3. The molecular weight excluding hydrogens is 547 g/mol. The molecule has 1 atom stereocenters. The smallest absolute Gasteiger partial charge is 0.260 e. The maximum Gasteiger partial charge on any atom is 0.260 e. The van der Waals surface area contributed by atoms with E-state index in [2.05, 4.69) is 36.8 Å². The van der Waals surface area contributed by atoms with E-state index >= 15 is 4.39 Å². The van der Waals surface area contributed by atoms with E-state index in [0.717, 1.165) is 45.1 Å². The van der Waals surface area contributed by atoms with E-state index in [0.29, 0.717) is 34.5 Å². The van der Waals surface area contributed by atoms with Crippen molar-refractivity contribution in [3.63, 3.8) is 0 Å². The highest BCUT2D eigenvalue weighted by Gasteiger charge is 2.34. The number of fused-ring (bicyclic) bond motifs is 1. The van der Waals surface area contributed by atoms with Crippen LogP contribution in [0.1, 0.15) is 43.9 Å². The molecule has 4 rings (SSSR count). The molecule has 2 aliphatic heterocycles. The van der Waals surface area contributed by atoms with Gasteiger partial charge in [-0.15, -0.1) is 11.8 Å². The van der Waals surface area contributed by atoms with Gasteiger partial charge >= 0.3 is 0 Å². The molecule has 1 aromatic carbocycles. The predicted octanol–water partition coefficient (Wildman–Crippen LogP) is 6.86. The van der Waals surface area contributed by atoms with Crippen LogP contribution in [0.3, 0.4) is 0 Å². The van der Waals surface area contributed by atoms with E-state index in [1.165, 1.54) is 24.9 Å². The summed E-state index contributed by atoms with van der Waals surface area (Å²) in [6.45, 7) is 17.3. The standard InChI is InChI=1S/C32H40F3N3O2S/c1-7-22(8-2)37-15-13-36(14-16-37)18-23-19-41-32-25(17-26(21(5)33)27(34)9-3)20(4)29(31(39)38(23)32)24-11-10-12-28(40-6)30(24)35/h9-12,22-23H,3,5,7-8,13-19H2,1-2,4,6H3/b27-26+. The van der Waals surface area contributed by atoms with Crippen LogP contribution in [0.5, 0.6) is 5.75 Å². The van der Waals surface area contributed by atoms with Gasteiger partial charge in [-0.1, -0.05) is 39.1 Å². The minimum atomic E-state index is -0.907. The Labute approximate surface area is 245 Å². The van der Waals surface area contributed by atoms with Gasteiger partial charge in [-0.3, -0.25) is 19.2 Å². The Hall–Kier alpha value is -2.75. The third-order valence-electron chi connectivity index (χ3n) is 8.45. The summed E-state index contributed by atoms with van der Waals surface area (Å²) in [6, 6.07) is 5.08. The first kappa shape index (κ1) is 31.2. The monoisotopic (exact) mass is 587 g/mol.